The average molecular weight is 552 g/mol. The number of halogens is 1. The third-order valence-electron chi connectivity index (χ3n) is 5.44. The molecule has 4 rings (SSSR count). The highest BCUT2D eigenvalue weighted by atomic mass is 127. The van der Waals surface area contributed by atoms with E-state index in [1.165, 1.54) is 11.1 Å². The van der Waals surface area contributed by atoms with E-state index in [1.54, 1.807) is 13.2 Å². The van der Waals surface area contributed by atoms with Crippen molar-refractivity contribution in [3.05, 3.63) is 114 Å². The van der Waals surface area contributed by atoms with E-state index >= 15 is 0 Å². The molecule has 0 radical (unpaired) electrons. The number of guanidine groups is 1. The van der Waals surface area contributed by atoms with Gasteiger partial charge in [0.15, 0.2) is 5.96 Å². The molecule has 0 saturated heterocycles. The number of aryl methyl sites for hydroxylation is 1. The molecule has 0 fully saturated rings. The number of hydrogen-bond donors (Lipinski definition) is 2. The van der Waals surface area contributed by atoms with Gasteiger partial charge in [-0.2, -0.15) is 0 Å². The van der Waals surface area contributed by atoms with Gasteiger partial charge < -0.3 is 10.6 Å². The summed E-state index contributed by atoms with van der Waals surface area (Å²) in [5.74, 6) is 2.77. The molecule has 2 aromatic heterocycles. The van der Waals surface area contributed by atoms with Crippen LogP contribution in [0.15, 0.2) is 96.4 Å². The summed E-state index contributed by atoms with van der Waals surface area (Å²) in [5.41, 5.74) is 3.63. The van der Waals surface area contributed by atoms with Crippen molar-refractivity contribution in [2.24, 2.45) is 4.99 Å². The number of nitrogens with zero attached hydrogens (tertiary/aromatic N) is 4. The molecule has 7 heteroatoms. The van der Waals surface area contributed by atoms with E-state index in [-0.39, 0.29) is 29.9 Å². The van der Waals surface area contributed by atoms with Gasteiger partial charge in [0.2, 0.25) is 0 Å². The van der Waals surface area contributed by atoms with Crippen LogP contribution in [0.3, 0.4) is 0 Å². The van der Waals surface area contributed by atoms with Gasteiger partial charge in [-0.15, -0.1) is 24.0 Å². The molecular weight excluding hydrogens is 523 g/mol. The standard InChI is InChI=1S/C26H28N6.HI/c1-20-28-15-16-32(20)25-14-13-21(17-29-25)18-30-26(27-2)31-19-24(22-9-5-3-6-10-22)23-11-7-4-8-12-23;/h3-17,24H,18-19H2,1-2H3,(H2,27,30,31);1H. The molecule has 170 valence electrons. The summed E-state index contributed by atoms with van der Waals surface area (Å²) < 4.78 is 1.96. The second-order valence-electron chi connectivity index (χ2n) is 7.55. The quantitative estimate of drug-likeness (QED) is 0.198. The van der Waals surface area contributed by atoms with Crippen LogP contribution in [0, 0.1) is 6.92 Å². The molecule has 0 bridgehead atoms. The zero-order valence-corrected chi connectivity index (χ0v) is 21.2. The molecular formula is C26H29IN6. The molecule has 0 aliphatic rings. The average Bonchev–Trinajstić information content (AvgIpc) is 3.28. The van der Waals surface area contributed by atoms with Crippen LogP contribution < -0.4 is 10.6 Å². The summed E-state index contributed by atoms with van der Waals surface area (Å²) in [5, 5.41) is 6.87. The van der Waals surface area contributed by atoms with E-state index in [0.717, 1.165) is 29.7 Å². The van der Waals surface area contributed by atoms with Crippen LogP contribution in [0.1, 0.15) is 28.4 Å². The molecule has 0 aliphatic heterocycles. The van der Waals surface area contributed by atoms with Crippen molar-refractivity contribution in [3.63, 3.8) is 0 Å². The number of imidazole rings is 1. The minimum absolute atomic E-state index is 0. The zero-order valence-electron chi connectivity index (χ0n) is 18.8. The lowest BCUT2D eigenvalue weighted by Gasteiger charge is -2.20. The Labute approximate surface area is 212 Å². The fraction of sp³-hybridized carbons (Fsp3) is 0.192. The first kappa shape index (κ1) is 24.4. The van der Waals surface area contributed by atoms with Crippen LogP contribution in [0.25, 0.3) is 5.82 Å². The summed E-state index contributed by atoms with van der Waals surface area (Å²) in [6.07, 6.45) is 5.57. The number of hydrogen-bond acceptors (Lipinski definition) is 3. The van der Waals surface area contributed by atoms with Gasteiger partial charge in [0.05, 0.1) is 0 Å². The van der Waals surface area contributed by atoms with Gasteiger partial charge in [-0.25, -0.2) is 9.97 Å². The molecule has 2 heterocycles. The Bertz CT molecular complexity index is 1100. The van der Waals surface area contributed by atoms with E-state index < -0.39 is 0 Å². The van der Waals surface area contributed by atoms with Crippen LogP contribution in [0.5, 0.6) is 0 Å². The zero-order chi connectivity index (χ0) is 22.2. The maximum atomic E-state index is 4.56. The summed E-state index contributed by atoms with van der Waals surface area (Å²) in [7, 11) is 1.79. The van der Waals surface area contributed by atoms with E-state index in [4.69, 9.17) is 0 Å². The predicted molar refractivity (Wildman–Crippen MR) is 144 cm³/mol. The molecule has 2 N–H and O–H groups in total. The van der Waals surface area contributed by atoms with Crippen LogP contribution >= 0.6 is 24.0 Å². The first-order valence-corrected chi connectivity index (χ1v) is 10.7. The molecule has 33 heavy (non-hydrogen) atoms. The monoisotopic (exact) mass is 552 g/mol. The van der Waals surface area contributed by atoms with E-state index in [1.807, 2.05) is 42.1 Å². The smallest absolute Gasteiger partial charge is 0.191 e. The first-order valence-electron chi connectivity index (χ1n) is 10.7. The van der Waals surface area contributed by atoms with Gasteiger partial charge in [0, 0.05) is 44.6 Å². The summed E-state index contributed by atoms with van der Waals surface area (Å²) in [6, 6.07) is 25.2. The summed E-state index contributed by atoms with van der Waals surface area (Å²) >= 11 is 0. The van der Waals surface area contributed by atoms with E-state index in [0.29, 0.717) is 6.54 Å². The topological polar surface area (TPSA) is 67.1 Å². The second kappa shape index (κ2) is 12.2. The normalized spacial score (nSPS) is 11.2. The highest BCUT2D eigenvalue weighted by molar-refractivity contribution is 14.0. The molecule has 0 aliphatic carbocycles. The lowest BCUT2D eigenvalue weighted by Crippen LogP contribution is -2.39. The van der Waals surface area contributed by atoms with E-state index in [2.05, 4.69) is 80.2 Å². The largest absolute Gasteiger partial charge is 0.355 e. The fourth-order valence-corrected chi connectivity index (χ4v) is 3.69. The first-order chi connectivity index (χ1) is 15.7. The summed E-state index contributed by atoms with van der Waals surface area (Å²) in [4.78, 5) is 13.2. The number of nitrogens with one attached hydrogen (secondary N) is 2. The lowest BCUT2D eigenvalue weighted by atomic mass is 9.91. The molecule has 0 amide bonds. The van der Waals surface area contributed by atoms with Crippen LogP contribution in [0.2, 0.25) is 0 Å². The molecule has 0 spiro atoms. The Kier molecular flexibility index (Phi) is 9.00. The van der Waals surface area contributed by atoms with Crippen LogP contribution in [-0.2, 0) is 6.54 Å². The van der Waals surface area contributed by atoms with Gasteiger partial charge in [-0.3, -0.25) is 9.56 Å². The Morgan fingerprint density at radius 2 is 1.58 bits per heavy atom. The van der Waals surface area contributed by atoms with Crippen LogP contribution in [0.4, 0.5) is 0 Å². The Balaban J connectivity index is 0.00000306. The highest BCUT2D eigenvalue weighted by Crippen LogP contribution is 2.23. The minimum Gasteiger partial charge on any atom is -0.355 e. The van der Waals surface area contributed by atoms with Gasteiger partial charge in [0.1, 0.15) is 11.6 Å². The summed E-state index contributed by atoms with van der Waals surface area (Å²) in [6.45, 7) is 3.34. The van der Waals surface area contributed by atoms with Crippen molar-refractivity contribution in [2.45, 2.75) is 19.4 Å². The second-order valence-corrected chi connectivity index (χ2v) is 7.55. The lowest BCUT2D eigenvalue weighted by molar-refractivity contribution is 0.727. The Morgan fingerprint density at radius 1 is 0.909 bits per heavy atom. The third-order valence-corrected chi connectivity index (χ3v) is 5.44. The number of pyridine rings is 1. The van der Waals surface area contributed by atoms with Crippen molar-refractivity contribution < 1.29 is 0 Å². The molecule has 6 nitrogen and oxygen atoms in total. The molecule has 0 atom stereocenters. The maximum Gasteiger partial charge on any atom is 0.191 e. The number of aliphatic imine (C=N–C) groups is 1. The Hall–Kier alpha value is -3.20. The molecule has 0 saturated carbocycles. The predicted octanol–water partition coefficient (Wildman–Crippen LogP) is 4.69. The minimum atomic E-state index is 0. The maximum absolute atomic E-state index is 4.56. The number of rotatable bonds is 7. The van der Waals surface area contributed by atoms with Gasteiger partial charge in [-0.05, 0) is 29.7 Å². The molecule has 0 unspecified atom stereocenters. The number of aromatic nitrogens is 3. The van der Waals surface area contributed by atoms with Gasteiger partial charge in [-0.1, -0.05) is 66.7 Å². The van der Waals surface area contributed by atoms with E-state index in [9.17, 15) is 0 Å². The van der Waals surface area contributed by atoms with Gasteiger partial charge in [0.25, 0.3) is 0 Å². The van der Waals surface area contributed by atoms with Crippen molar-refractivity contribution in [3.8, 4) is 5.82 Å². The van der Waals surface area contributed by atoms with Gasteiger partial charge >= 0.3 is 0 Å². The highest BCUT2D eigenvalue weighted by Gasteiger charge is 2.14. The van der Waals surface area contributed by atoms with Crippen molar-refractivity contribution in [2.75, 3.05) is 13.6 Å². The van der Waals surface area contributed by atoms with Crippen molar-refractivity contribution in [1.82, 2.24) is 25.2 Å². The SMILES string of the molecule is CN=C(NCc1ccc(-n2ccnc2C)nc1)NCC(c1ccccc1)c1ccccc1.I. The van der Waals surface area contributed by atoms with Crippen LogP contribution in [-0.4, -0.2) is 34.1 Å². The molecule has 4 aromatic rings. The molecule has 2 aromatic carbocycles. The Morgan fingerprint density at radius 3 is 2.09 bits per heavy atom. The van der Waals surface area contributed by atoms with Crippen molar-refractivity contribution >= 4 is 29.9 Å². The number of benzene rings is 2. The van der Waals surface area contributed by atoms with Crippen molar-refractivity contribution in [1.29, 1.82) is 0 Å². The fourth-order valence-electron chi connectivity index (χ4n) is 3.69. The third kappa shape index (κ3) is 6.41.